The van der Waals surface area contributed by atoms with Gasteiger partial charge in [0.25, 0.3) is 0 Å². The predicted octanol–water partition coefficient (Wildman–Crippen LogP) is 5.15. The number of aromatic nitrogens is 1. The highest BCUT2D eigenvalue weighted by Crippen LogP contribution is 2.32. The molecule has 8 nitrogen and oxygen atoms in total. The van der Waals surface area contributed by atoms with Gasteiger partial charge in [0.15, 0.2) is 0 Å². The fraction of sp³-hybridized carbons (Fsp3) is 0.519. The lowest BCUT2D eigenvalue weighted by atomic mass is 9.98. The smallest absolute Gasteiger partial charge is 0.433 e. The molecule has 1 atom stereocenters. The number of alkyl carbamates (subject to hydrolysis) is 1. The molecule has 1 aromatic heterocycles. The number of hydrogen-bond acceptors (Lipinski definition) is 6. The molecule has 2 N–H and O–H groups in total. The van der Waals surface area contributed by atoms with E-state index in [2.05, 4.69) is 15.6 Å². The number of nitrogens with one attached hydrogen (secondary N) is 2. The molecule has 2 aromatic rings. The number of carbonyl (C=O) groups is 2. The van der Waals surface area contributed by atoms with Gasteiger partial charge in [-0.2, -0.15) is 13.2 Å². The summed E-state index contributed by atoms with van der Waals surface area (Å²) in [5.41, 5.74) is 0.358. The molecule has 1 unspecified atom stereocenters. The van der Waals surface area contributed by atoms with E-state index in [1.165, 1.54) is 13.2 Å². The Morgan fingerprint density at radius 3 is 2.26 bits per heavy atom. The number of benzene rings is 1. The highest BCUT2D eigenvalue weighted by Gasteiger charge is 2.34. The van der Waals surface area contributed by atoms with Gasteiger partial charge in [-0.15, -0.1) is 0 Å². The SMILES string of the molecule is COc1cc(C(C)C(=O)NCc2ccc(C(F)(F)F)nc2N2CCCC2)ccc1CNC(=O)OC(C)(C)C. The molecule has 1 aromatic carbocycles. The van der Waals surface area contributed by atoms with Crippen molar-refractivity contribution in [1.29, 1.82) is 0 Å². The number of alkyl halides is 3. The van der Waals surface area contributed by atoms with Gasteiger partial charge in [0.2, 0.25) is 5.91 Å². The van der Waals surface area contributed by atoms with Crippen LogP contribution < -0.4 is 20.3 Å². The Bertz CT molecular complexity index is 1140. The Labute approximate surface area is 220 Å². The molecule has 1 fully saturated rings. The fourth-order valence-corrected chi connectivity index (χ4v) is 4.12. The average Bonchev–Trinajstić information content (AvgIpc) is 3.38. The van der Waals surface area contributed by atoms with Crippen molar-refractivity contribution in [3.63, 3.8) is 0 Å². The summed E-state index contributed by atoms with van der Waals surface area (Å²) >= 11 is 0. The van der Waals surface area contributed by atoms with Crippen LogP contribution in [0.4, 0.5) is 23.8 Å². The van der Waals surface area contributed by atoms with Gasteiger partial charge >= 0.3 is 12.3 Å². The van der Waals surface area contributed by atoms with Gasteiger partial charge in [-0.3, -0.25) is 4.79 Å². The maximum absolute atomic E-state index is 13.2. The van der Waals surface area contributed by atoms with E-state index in [0.29, 0.717) is 35.5 Å². The zero-order valence-electron chi connectivity index (χ0n) is 22.4. The molecule has 2 heterocycles. The Morgan fingerprint density at radius 2 is 1.66 bits per heavy atom. The molecule has 11 heteroatoms. The van der Waals surface area contributed by atoms with Gasteiger partial charge in [-0.1, -0.05) is 18.2 Å². The van der Waals surface area contributed by atoms with Crippen LogP contribution in [-0.4, -0.2) is 42.8 Å². The van der Waals surface area contributed by atoms with E-state index < -0.39 is 29.5 Å². The highest BCUT2D eigenvalue weighted by molar-refractivity contribution is 5.83. The van der Waals surface area contributed by atoms with E-state index in [9.17, 15) is 22.8 Å². The number of anilines is 1. The summed E-state index contributed by atoms with van der Waals surface area (Å²) in [5.74, 6) is -0.0939. The monoisotopic (exact) mass is 536 g/mol. The van der Waals surface area contributed by atoms with E-state index >= 15 is 0 Å². The summed E-state index contributed by atoms with van der Waals surface area (Å²) in [4.78, 5) is 30.7. The number of rotatable bonds is 8. The topological polar surface area (TPSA) is 92.8 Å². The summed E-state index contributed by atoms with van der Waals surface area (Å²) in [6.07, 6.45) is -3.33. The van der Waals surface area contributed by atoms with Gasteiger partial charge < -0.3 is 25.0 Å². The second-order valence-corrected chi connectivity index (χ2v) is 10.2. The van der Waals surface area contributed by atoms with E-state index in [-0.39, 0.29) is 24.8 Å². The van der Waals surface area contributed by atoms with Crippen LogP contribution in [0.25, 0.3) is 0 Å². The Kier molecular flexibility index (Phi) is 9.11. The minimum atomic E-state index is -4.54. The zero-order chi connectivity index (χ0) is 28.1. The van der Waals surface area contributed by atoms with Crippen LogP contribution in [0.3, 0.4) is 0 Å². The third-order valence-corrected chi connectivity index (χ3v) is 6.13. The Balaban J connectivity index is 1.68. The van der Waals surface area contributed by atoms with Crippen LogP contribution >= 0.6 is 0 Å². The molecule has 3 rings (SSSR count). The maximum atomic E-state index is 13.2. The minimum absolute atomic E-state index is 0.0508. The molecule has 0 radical (unpaired) electrons. The number of nitrogens with zero attached hydrogens (tertiary/aromatic N) is 2. The van der Waals surface area contributed by atoms with Crippen LogP contribution in [0.5, 0.6) is 5.75 Å². The van der Waals surface area contributed by atoms with Crippen molar-refractivity contribution in [2.24, 2.45) is 0 Å². The maximum Gasteiger partial charge on any atom is 0.433 e. The number of halogens is 3. The standard InChI is InChI=1S/C27H35F3N4O4/c1-17(18-8-9-19(21(14-18)37-5)15-32-25(36)38-26(2,3)4)24(35)31-16-20-10-11-22(27(28,29)30)33-23(20)34-12-6-7-13-34/h8-11,14,17H,6-7,12-13,15-16H2,1-5H3,(H,31,35)(H,32,36). The molecular formula is C27H35F3N4O4. The third kappa shape index (κ3) is 7.75. The van der Waals surface area contributed by atoms with Gasteiger partial charge in [-0.05, 0) is 58.2 Å². The number of pyridine rings is 1. The highest BCUT2D eigenvalue weighted by atomic mass is 19.4. The quantitative estimate of drug-likeness (QED) is 0.485. The fourth-order valence-electron chi connectivity index (χ4n) is 4.12. The first kappa shape index (κ1) is 29.1. The van der Waals surface area contributed by atoms with Crippen molar-refractivity contribution in [3.05, 3.63) is 52.7 Å². The lowest BCUT2D eigenvalue weighted by molar-refractivity contribution is -0.141. The van der Waals surface area contributed by atoms with Crippen molar-refractivity contribution in [2.45, 2.75) is 71.3 Å². The van der Waals surface area contributed by atoms with Gasteiger partial charge in [-0.25, -0.2) is 9.78 Å². The van der Waals surface area contributed by atoms with Crippen LogP contribution in [0.1, 0.15) is 68.8 Å². The number of hydrogen-bond donors (Lipinski definition) is 2. The van der Waals surface area contributed by atoms with E-state index in [1.54, 1.807) is 45.9 Å². The largest absolute Gasteiger partial charge is 0.496 e. The van der Waals surface area contributed by atoms with E-state index in [0.717, 1.165) is 18.9 Å². The summed E-state index contributed by atoms with van der Waals surface area (Å²) in [5, 5.41) is 5.51. The van der Waals surface area contributed by atoms with E-state index in [4.69, 9.17) is 9.47 Å². The first-order valence-electron chi connectivity index (χ1n) is 12.5. The molecule has 1 aliphatic rings. The second kappa shape index (κ2) is 11.9. The van der Waals surface area contributed by atoms with Crippen molar-refractivity contribution in [2.75, 3.05) is 25.1 Å². The molecule has 1 aliphatic heterocycles. The number of carbonyl (C=O) groups excluding carboxylic acids is 2. The molecule has 0 saturated carbocycles. The van der Waals surface area contributed by atoms with Gasteiger partial charge in [0.05, 0.1) is 13.0 Å². The van der Waals surface area contributed by atoms with Crippen molar-refractivity contribution in [3.8, 4) is 5.75 Å². The van der Waals surface area contributed by atoms with Crippen molar-refractivity contribution >= 4 is 17.8 Å². The van der Waals surface area contributed by atoms with Crippen LogP contribution in [0.15, 0.2) is 30.3 Å². The zero-order valence-corrected chi connectivity index (χ0v) is 22.4. The van der Waals surface area contributed by atoms with Crippen LogP contribution in [0.2, 0.25) is 0 Å². The van der Waals surface area contributed by atoms with Crippen molar-refractivity contribution in [1.82, 2.24) is 15.6 Å². The Morgan fingerprint density at radius 1 is 1.03 bits per heavy atom. The normalized spacial score (nSPS) is 14.7. The molecule has 0 aliphatic carbocycles. The average molecular weight is 537 g/mol. The summed E-state index contributed by atoms with van der Waals surface area (Å²) in [6, 6.07) is 7.59. The van der Waals surface area contributed by atoms with Crippen LogP contribution in [-0.2, 0) is 28.8 Å². The van der Waals surface area contributed by atoms with Crippen molar-refractivity contribution < 1.29 is 32.2 Å². The van der Waals surface area contributed by atoms with Crippen LogP contribution in [0, 0.1) is 0 Å². The number of ether oxygens (including phenoxy) is 2. The second-order valence-electron chi connectivity index (χ2n) is 10.2. The van der Waals surface area contributed by atoms with Gasteiger partial charge in [0.1, 0.15) is 22.9 Å². The third-order valence-electron chi connectivity index (χ3n) is 6.13. The summed E-state index contributed by atoms with van der Waals surface area (Å²) in [7, 11) is 1.50. The summed E-state index contributed by atoms with van der Waals surface area (Å²) < 4.78 is 50.5. The first-order chi connectivity index (χ1) is 17.8. The molecule has 38 heavy (non-hydrogen) atoms. The molecule has 208 valence electrons. The lowest BCUT2D eigenvalue weighted by Gasteiger charge is -2.22. The molecule has 1 saturated heterocycles. The predicted molar refractivity (Wildman–Crippen MR) is 137 cm³/mol. The Hall–Kier alpha value is -3.50. The number of amides is 2. The minimum Gasteiger partial charge on any atom is -0.496 e. The van der Waals surface area contributed by atoms with Gasteiger partial charge in [0, 0.05) is 37.3 Å². The molecular weight excluding hydrogens is 501 g/mol. The molecule has 0 spiro atoms. The first-order valence-corrected chi connectivity index (χ1v) is 12.5. The summed E-state index contributed by atoms with van der Waals surface area (Å²) in [6.45, 7) is 8.53. The molecule has 0 bridgehead atoms. The molecule has 2 amide bonds. The number of methoxy groups -OCH3 is 1. The lowest BCUT2D eigenvalue weighted by Crippen LogP contribution is -2.32. The van der Waals surface area contributed by atoms with E-state index in [1.807, 2.05) is 4.90 Å².